The van der Waals surface area contributed by atoms with Crippen LogP contribution >= 0.6 is 11.6 Å². The van der Waals surface area contributed by atoms with E-state index < -0.39 is 0 Å². The van der Waals surface area contributed by atoms with Gasteiger partial charge in [0.25, 0.3) is 5.91 Å². The van der Waals surface area contributed by atoms with Gasteiger partial charge < -0.3 is 15.1 Å². The van der Waals surface area contributed by atoms with Crippen molar-refractivity contribution in [3.8, 4) is 0 Å². The summed E-state index contributed by atoms with van der Waals surface area (Å²) < 4.78 is 0. The molecule has 0 radical (unpaired) electrons. The highest BCUT2D eigenvalue weighted by molar-refractivity contribution is 6.32. The van der Waals surface area contributed by atoms with E-state index in [2.05, 4.69) is 27.1 Å². The van der Waals surface area contributed by atoms with E-state index in [1.54, 1.807) is 18.5 Å². The van der Waals surface area contributed by atoms with Crippen molar-refractivity contribution in [2.75, 3.05) is 43.4 Å². The fourth-order valence-corrected chi connectivity index (χ4v) is 3.57. The third kappa shape index (κ3) is 3.89. The van der Waals surface area contributed by atoms with Gasteiger partial charge in [-0.15, -0.1) is 0 Å². The Bertz CT molecular complexity index is 966. The maximum Gasteiger partial charge on any atom is 0.255 e. The number of halogens is 1. The Morgan fingerprint density at radius 2 is 1.81 bits per heavy atom. The molecule has 2 aromatic carbocycles. The van der Waals surface area contributed by atoms with Gasteiger partial charge in [0.15, 0.2) is 0 Å². The van der Waals surface area contributed by atoms with Crippen molar-refractivity contribution >= 4 is 39.7 Å². The lowest BCUT2D eigenvalue weighted by atomic mass is 10.1. The number of rotatable bonds is 3. The molecule has 0 aliphatic carbocycles. The second kappa shape index (κ2) is 7.55. The average molecular weight is 381 g/mol. The monoisotopic (exact) mass is 380 g/mol. The second-order valence-electron chi connectivity index (χ2n) is 6.84. The van der Waals surface area contributed by atoms with Crippen molar-refractivity contribution in [2.24, 2.45) is 0 Å². The van der Waals surface area contributed by atoms with E-state index in [4.69, 9.17) is 11.6 Å². The lowest BCUT2D eigenvalue weighted by Crippen LogP contribution is -2.44. The van der Waals surface area contributed by atoms with Crippen molar-refractivity contribution in [2.45, 2.75) is 0 Å². The highest BCUT2D eigenvalue weighted by Crippen LogP contribution is 2.28. The Morgan fingerprint density at radius 1 is 1.07 bits per heavy atom. The van der Waals surface area contributed by atoms with Gasteiger partial charge in [0.05, 0.1) is 5.69 Å². The molecule has 1 aliphatic rings. The van der Waals surface area contributed by atoms with E-state index in [9.17, 15) is 4.79 Å². The summed E-state index contributed by atoms with van der Waals surface area (Å²) in [7, 11) is 2.14. The van der Waals surface area contributed by atoms with Crippen LogP contribution in [0.2, 0.25) is 5.02 Å². The Morgan fingerprint density at radius 3 is 2.56 bits per heavy atom. The third-order valence-corrected chi connectivity index (χ3v) is 5.18. The molecule has 138 valence electrons. The molecule has 0 saturated carbocycles. The van der Waals surface area contributed by atoms with E-state index in [1.165, 1.54) is 0 Å². The number of hydrogen-bond donors (Lipinski definition) is 1. The lowest BCUT2D eigenvalue weighted by Gasteiger charge is -2.34. The van der Waals surface area contributed by atoms with Gasteiger partial charge in [-0.25, -0.2) is 0 Å². The number of likely N-dealkylation sites (N-methyl/N-ethyl adjacent to an activating group) is 1. The number of anilines is 2. The summed E-state index contributed by atoms with van der Waals surface area (Å²) >= 11 is 6.19. The topological polar surface area (TPSA) is 48.5 Å². The maximum absolute atomic E-state index is 12.7. The quantitative estimate of drug-likeness (QED) is 0.748. The Hall–Kier alpha value is -2.63. The minimum absolute atomic E-state index is 0.160. The minimum atomic E-state index is -0.160. The maximum atomic E-state index is 12.7. The van der Waals surface area contributed by atoms with E-state index in [-0.39, 0.29) is 5.91 Å². The zero-order chi connectivity index (χ0) is 18.8. The van der Waals surface area contributed by atoms with Crippen LogP contribution in [0.1, 0.15) is 10.4 Å². The van der Waals surface area contributed by atoms with Gasteiger partial charge in [0.1, 0.15) is 0 Å². The number of amides is 1. The Balaban J connectivity index is 1.52. The number of fused-ring (bicyclic) bond motifs is 1. The van der Waals surface area contributed by atoms with Crippen LogP contribution in [-0.2, 0) is 0 Å². The highest BCUT2D eigenvalue weighted by atomic mass is 35.5. The van der Waals surface area contributed by atoms with Crippen molar-refractivity contribution in [3.63, 3.8) is 0 Å². The Kier molecular flexibility index (Phi) is 4.97. The fourth-order valence-electron chi connectivity index (χ4n) is 3.35. The molecule has 5 nitrogen and oxygen atoms in total. The van der Waals surface area contributed by atoms with Crippen molar-refractivity contribution in [3.05, 3.63) is 65.4 Å². The Labute approximate surface area is 163 Å². The number of nitrogens with zero attached hydrogens (tertiary/aromatic N) is 3. The molecule has 2 heterocycles. The zero-order valence-electron chi connectivity index (χ0n) is 15.2. The molecule has 4 rings (SSSR count). The van der Waals surface area contributed by atoms with Gasteiger partial charge in [-0.1, -0.05) is 11.6 Å². The molecule has 0 spiro atoms. The van der Waals surface area contributed by atoms with Gasteiger partial charge in [-0.2, -0.15) is 0 Å². The summed E-state index contributed by atoms with van der Waals surface area (Å²) in [5, 5.41) is 5.35. The molecule has 1 aliphatic heterocycles. The largest absolute Gasteiger partial charge is 0.369 e. The number of hydrogen-bond acceptors (Lipinski definition) is 4. The van der Waals surface area contributed by atoms with Crippen molar-refractivity contribution in [1.82, 2.24) is 9.88 Å². The van der Waals surface area contributed by atoms with E-state index >= 15 is 0 Å². The molecule has 1 fully saturated rings. The van der Waals surface area contributed by atoms with Crippen molar-refractivity contribution < 1.29 is 4.79 Å². The predicted octanol–water partition coefficient (Wildman–Crippen LogP) is 3.89. The molecule has 0 bridgehead atoms. The molecule has 3 aromatic rings. The van der Waals surface area contributed by atoms with Gasteiger partial charge in [-0.05, 0) is 54.9 Å². The normalized spacial score (nSPS) is 15.1. The molecule has 27 heavy (non-hydrogen) atoms. The number of benzene rings is 2. The van der Waals surface area contributed by atoms with Crippen LogP contribution in [-0.4, -0.2) is 49.0 Å². The first-order valence-electron chi connectivity index (χ1n) is 8.98. The van der Waals surface area contributed by atoms with Gasteiger partial charge in [0, 0.05) is 60.2 Å². The van der Waals surface area contributed by atoms with E-state index in [0.29, 0.717) is 16.3 Å². The summed E-state index contributed by atoms with van der Waals surface area (Å²) in [4.78, 5) is 21.5. The number of piperazine rings is 1. The fraction of sp³-hybridized carbons (Fsp3) is 0.238. The highest BCUT2D eigenvalue weighted by Gasteiger charge is 2.15. The number of nitrogens with one attached hydrogen (secondary N) is 1. The first-order valence-corrected chi connectivity index (χ1v) is 9.36. The third-order valence-electron chi connectivity index (χ3n) is 4.97. The summed E-state index contributed by atoms with van der Waals surface area (Å²) in [6.07, 6.45) is 3.44. The first kappa shape index (κ1) is 17.8. The standard InChI is InChI=1S/C21H21ClN4O/c1-25-8-10-26(11-9-25)18-4-2-15(3-5-18)21(27)24-20-13-17(22)12-16-6-7-23-14-19(16)20/h2-7,12-14H,8-11H2,1H3,(H,24,27). The first-order chi connectivity index (χ1) is 13.1. The molecule has 1 N–H and O–H groups in total. The van der Waals surface area contributed by atoms with Crippen LogP contribution < -0.4 is 10.2 Å². The van der Waals surface area contributed by atoms with E-state index in [0.717, 1.165) is 42.6 Å². The lowest BCUT2D eigenvalue weighted by molar-refractivity contribution is 0.102. The SMILES string of the molecule is CN1CCN(c2ccc(C(=O)Nc3cc(Cl)cc4ccncc34)cc2)CC1. The van der Waals surface area contributed by atoms with Gasteiger partial charge >= 0.3 is 0 Å². The molecule has 0 atom stereocenters. The number of carbonyl (C=O) groups excluding carboxylic acids is 1. The van der Waals surface area contributed by atoms with Gasteiger partial charge in [0.2, 0.25) is 0 Å². The molecular formula is C21H21ClN4O. The minimum Gasteiger partial charge on any atom is -0.369 e. The van der Waals surface area contributed by atoms with Crippen LogP contribution in [0, 0.1) is 0 Å². The van der Waals surface area contributed by atoms with Crippen LogP contribution in [0.25, 0.3) is 10.8 Å². The van der Waals surface area contributed by atoms with Crippen LogP contribution in [0.3, 0.4) is 0 Å². The summed E-state index contributed by atoms with van der Waals surface area (Å²) in [5.41, 5.74) is 2.43. The predicted molar refractivity (Wildman–Crippen MR) is 111 cm³/mol. The van der Waals surface area contributed by atoms with Crippen LogP contribution in [0.4, 0.5) is 11.4 Å². The zero-order valence-corrected chi connectivity index (χ0v) is 15.9. The smallest absolute Gasteiger partial charge is 0.255 e. The molecule has 0 unspecified atom stereocenters. The number of pyridine rings is 1. The summed E-state index contributed by atoms with van der Waals surface area (Å²) in [6, 6.07) is 13.3. The molecule has 1 aromatic heterocycles. The van der Waals surface area contributed by atoms with Gasteiger partial charge in [-0.3, -0.25) is 9.78 Å². The molecule has 1 saturated heterocycles. The molecule has 6 heteroatoms. The summed E-state index contributed by atoms with van der Waals surface area (Å²) in [6.45, 7) is 4.11. The number of aromatic nitrogens is 1. The van der Waals surface area contributed by atoms with E-state index in [1.807, 2.05) is 36.4 Å². The number of carbonyl (C=O) groups is 1. The second-order valence-corrected chi connectivity index (χ2v) is 7.28. The molecule has 1 amide bonds. The van der Waals surface area contributed by atoms with Crippen molar-refractivity contribution in [1.29, 1.82) is 0 Å². The summed E-state index contributed by atoms with van der Waals surface area (Å²) in [5.74, 6) is -0.160. The van der Waals surface area contributed by atoms with Crippen LogP contribution in [0.15, 0.2) is 54.9 Å². The van der Waals surface area contributed by atoms with Crippen LogP contribution in [0.5, 0.6) is 0 Å². The molecular weight excluding hydrogens is 360 g/mol. The average Bonchev–Trinajstić information content (AvgIpc) is 2.68.